The number of hydrogen-bond acceptors (Lipinski definition) is 5. The van der Waals surface area contributed by atoms with Gasteiger partial charge in [-0.15, -0.1) is 11.3 Å². The van der Waals surface area contributed by atoms with Crippen LogP contribution in [0, 0.1) is 6.92 Å². The van der Waals surface area contributed by atoms with E-state index >= 15 is 0 Å². The zero-order chi connectivity index (χ0) is 21.0. The molecule has 1 heterocycles. The zero-order valence-corrected chi connectivity index (χ0v) is 17.7. The van der Waals surface area contributed by atoms with Crippen LogP contribution < -0.4 is 5.32 Å². The molecule has 29 heavy (non-hydrogen) atoms. The number of ether oxygens (including phenoxy) is 1. The van der Waals surface area contributed by atoms with Gasteiger partial charge < -0.3 is 10.1 Å². The quantitative estimate of drug-likeness (QED) is 0.553. The van der Waals surface area contributed by atoms with Crippen LogP contribution in [-0.2, 0) is 9.53 Å². The maximum absolute atomic E-state index is 12.8. The average molecular weight is 409 g/mol. The van der Waals surface area contributed by atoms with Gasteiger partial charge in [-0.3, -0.25) is 4.79 Å². The van der Waals surface area contributed by atoms with Gasteiger partial charge >= 0.3 is 5.97 Å². The van der Waals surface area contributed by atoms with Crippen molar-refractivity contribution in [3.05, 3.63) is 70.0 Å². The van der Waals surface area contributed by atoms with Crippen LogP contribution in [0.2, 0.25) is 0 Å². The van der Waals surface area contributed by atoms with Gasteiger partial charge in [0, 0.05) is 11.3 Å². The Bertz CT molecular complexity index is 1010. The Kier molecular flexibility index (Phi) is 6.44. The topological polar surface area (TPSA) is 68.3 Å². The lowest BCUT2D eigenvalue weighted by atomic mass is 10.0. The summed E-state index contributed by atoms with van der Waals surface area (Å²) < 4.78 is 5.47. The fourth-order valence-electron chi connectivity index (χ4n) is 2.97. The molecule has 5 nitrogen and oxygen atoms in total. The Morgan fingerprint density at radius 2 is 1.66 bits per heavy atom. The molecule has 0 unspecified atom stereocenters. The number of aromatic nitrogens is 1. The number of thiazole rings is 1. The normalized spacial score (nSPS) is 11.9. The molecule has 1 N–H and O–H groups in total. The third-order valence-corrected chi connectivity index (χ3v) is 5.41. The summed E-state index contributed by atoms with van der Waals surface area (Å²) in [7, 11) is 0. The highest BCUT2D eigenvalue weighted by atomic mass is 32.1. The number of nitrogens with one attached hydrogen (secondary N) is 1. The Hall–Kier alpha value is -2.99. The number of anilines is 1. The minimum atomic E-state index is -0.936. The number of nitrogens with zero attached hydrogens (tertiary/aromatic N) is 1. The highest BCUT2D eigenvalue weighted by Gasteiger charge is 2.24. The molecule has 3 aromatic rings. The van der Waals surface area contributed by atoms with Gasteiger partial charge in [0.1, 0.15) is 4.88 Å². The second-order valence-electron chi connectivity index (χ2n) is 7.06. The summed E-state index contributed by atoms with van der Waals surface area (Å²) in [4.78, 5) is 30.2. The SMILES string of the molecule is Cc1nc(-c2ccccc2)c(C(=O)O[C@@H](C)C(=O)Nc2ccccc2C(C)C)s1. The second kappa shape index (κ2) is 9.01. The van der Waals surface area contributed by atoms with E-state index in [-0.39, 0.29) is 11.8 Å². The summed E-state index contributed by atoms with van der Waals surface area (Å²) in [6.07, 6.45) is -0.936. The number of carbonyl (C=O) groups excluding carboxylic acids is 2. The van der Waals surface area contributed by atoms with Gasteiger partial charge in [0.25, 0.3) is 5.91 Å². The molecule has 0 radical (unpaired) electrons. The predicted octanol–water partition coefficient (Wildman–Crippen LogP) is 5.43. The molecule has 0 saturated carbocycles. The number of benzene rings is 2. The van der Waals surface area contributed by atoms with Crippen molar-refractivity contribution in [1.29, 1.82) is 0 Å². The van der Waals surface area contributed by atoms with Crippen molar-refractivity contribution < 1.29 is 14.3 Å². The van der Waals surface area contributed by atoms with Crippen LogP contribution in [0.5, 0.6) is 0 Å². The molecule has 150 valence electrons. The van der Waals surface area contributed by atoms with E-state index in [4.69, 9.17) is 4.74 Å². The predicted molar refractivity (Wildman–Crippen MR) is 116 cm³/mol. The number of aryl methyl sites for hydroxylation is 1. The molecular weight excluding hydrogens is 384 g/mol. The van der Waals surface area contributed by atoms with Gasteiger partial charge in [-0.1, -0.05) is 62.4 Å². The monoisotopic (exact) mass is 408 g/mol. The number of carbonyl (C=O) groups is 2. The summed E-state index contributed by atoms with van der Waals surface area (Å²) in [6.45, 7) is 7.53. The van der Waals surface area contributed by atoms with Crippen molar-refractivity contribution in [2.75, 3.05) is 5.32 Å². The fraction of sp³-hybridized carbons (Fsp3) is 0.261. The van der Waals surface area contributed by atoms with E-state index in [0.29, 0.717) is 10.6 Å². The van der Waals surface area contributed by atoms with Crippen molar-refractivity contribution in [2.24, 2.45) is 0 Å². The van der Waals surface area contributed by atoms with Crippen molar-refractivity contribution in [2.45, 2.75) is 39.7 Å². The van der Waals surface area contributed by atoms with Crippen LogP contribution >= 0.6 is 11.3 Å². The molecule has 0 bridgehead atoms. The van der Waals surface area contributed by atoms with E-state index in [9.17, 15) is 9.59 Å². The lowest BCUT2D eigenvalue weighted by Gasteiger charge is -2.17. The third-order valence-electron chi connectivity index (χ3n) is 4.46. The highest BCUT2D eigenvalue weighted by molar-refractivity contribution is 7.14. The Labute approximate surface area is 174 Å². The summed E-state index contributed by atoms with van der Waals surface area (Å²) in [6, 6.07) is 17.1. The smallest absolute Gasteiger partial charge is 0.351 e. The molecule has 0 aliphatic rings. The Balaban J connectivity index is 1.74. The molecule has 2 aromatic carbocycles. The zero-order valence-electron chi connectivity index (χ0n) is 16.9. The van der Waals surface area contributed by atoms with Crippen LogP contribution in [0.25, 0.3) is 11.3 Å². The largest absolute Gasteiger partial charge is 0.448 e. The number of hydrogen-bond donors (Lipinski definition) is 1. The van der Waals surface area contributed by atoms with Crippen molar-refractivity contribution in [3.8, 4) is 11.3 Å². The van der Waals surface area contributed by atoms with Gasteiger partial charge in [0.05, 0.1) is 10.7 Å². The van der Waals surface area contributed by atoms with Crippen molar-refractivity contribution in [3.63, 3.8) is 0 Å². The van der Waals surface area contributed by atoms with Gasteiger partial charge in [-0.2, -0.15) is 0 Å². The third kappa shape index (κ3) is 4.90. The van der Waals surface area contributed by atoms with E-state index in [2.05, 4.69) is 24.1 Å². The molecular formula is C23H24N2O3S. The van der Waals surface area contributed by atoms with Gasteiger partial charge in [0.2, 0.25) is 0 Å². The van der Waals surface area contributed by atoms with Crippen molar-refractivity contribution in [1.82, 2.24) is 4.98 Å². The van der Waals surface area contributed by atoms with Gasteiger partial charge in [-0.05, 0) is 31.4 Å². The summed E-state index contributed by atoms with van der Waals surface area (Å²) in [5.41, 5.74) is 3.18. The maximum atomic E-state index is 12.8. The molecule has 0 spiro atoms. The van der Waals surface area contributed by atoms with E-state index in [1.165, 1.54) is 11.3 Å². The maximum Gasteiger partial charge on any atom is 0.351 e. The van der Waals surface area contributed by atoms with Gasteiger partial charge in [-0.25, -0.2) is 9.78 Å². The number of amides is 1. The van der Waals surface area contributed by atoms with Crippen LogP contribution in [0.4, 0.5) is 5.69 Å². The molecule has 6 heteroatoms. The molecule has 0 aliphatic heterocycles. The molecule has 1 atom stereocenters. The minimum Gasteiger partial charge on any atom is -0.448 e. The first-order valence-electron chi connectivity index (χ1n) is 9.50. The Morgan fingerprint density at radius 1 is 1.00 bits per heavy atom. The van der Waals surface area contributed by atoms with Crippen LogP contribution in [0.15, 0.2) is 54.6 Å². The summed E-state index contributed by atoms with van der Waals surface area (Å²) >= 11 is 1.26. The summed E-state index contributed by atoms with van der Waals surface area (Å²) in [5.74, 6) is -0.652. The molecule has 3 rings (SSSR count). The molecule has 0 aliphatic carbocycles. The fourth-order valence-corrected chi connectivity index (χ4v) is 3.80. The first kappa shape index (κ1) is 20.7. The minimum absolute atomic E-state index is 0.262. The highest BCUT2D eigenvalue weighted by Crippen LogP contribution is 2.29. The Morgan fingerprint density at radius 3 is 2.34 bits per heavy atom. The second-order valence-corrected chi connectivity index (χ2v) is 8.26. The number of para-hydroxylation sites is 1. The molecule has 0 saturated heterocycles. The summed E-state index contributed by atoms with van der Waals surface area (Å²) in [5, 5.41) is 3.63. The van der Waals surface area contributed by atoms with Crippen LogP contribution in [0.1, 0.15) is 46.9 Å². The van der Waals surface area contributed by atoms with E-state index in [0.717, 1.165) is 21.8 Å². The molecule has 0 fully saturated rings. The average Bonchev–Trinajstić information content (AvgIpc) is 3.10. The van der Waals surface area contributed by atoms with E-state index < -0.39 is 12.1 Å². The standard InChI is InChI=1S/C23H24N2O3S/c1-14(2)18-12-8-9-13-19(18)25-22(26)15(3)28-23(27)21-20(24-16(4)29-21)17-10-6-5-7-11-17/h5-15H,1-4H3,(H,25,26)/t15-/m0/s1. The van der Waals surface area contributed by atoms with Crippen LogP contribution in [-0.4, -0.2) is 23.0 Å². The molecule has 1 aromatic heterocycles. The van der Waals surface area contributed by atoms with Gasteiger partial charge in [0.15, 0.2) is 6.10 Å². The number of rotatable bonds is 6. The molecule has 1 amide bonds. The lowest BCUT2D eigenvalue weighted by molar-refractivity contribution is -0.123. The van der Waals surface area contributed by atoms with E-state index in [1.807, 2.05) is 61.5 Å². The van der Waals surface area contributed by atoms with Crippen LogP contribution in [0.3, 0.4) is 0 Å². The lowest BCUT2D eigenvalue weighted by Crippen LogP contribution is -2.30. The van der Waals surface area contributed by atoms with E-state index in [1.54, 1.807) is 6.92 Å². The number of esters is 1. The first-order chi connectivity index (χ1) is 13.9. The van der Waals surface area contributed by atoms with Crippen molar-refractivity contribution >= 4 is 28.9 Å². The first-order valence-corrected chi connectivity index (χ1v) is 10.3.